The predicted molar refractivity (Wildman–Crippen MR) is 89.4 cm³/mol. The molecule has 2 fully saturated rings. The van der Waals surface area contributed by atoms with Crippen LogP contribution in [0.5, 0.6) is 0 Å². The third kappa shape index (κ3) is 4.57. The van der Waals surface area contributed by atoms with Gasteiger partial charge in [-0.2, -0.15) is 0 Å². The molecule has 2 atom stereocenters. The van der Waals surface area contributed by atoms with E-state index < -0.39 is 0 Å². The average molecular weight is 331 g/mol. The average Bonchev–Trinajstić information content (AvgIpc) is 3.00. The first-order valence-electron chi connectivity index (χ1n) is 8.82. The van der Waals surface area contributed by atoms with E-state index in [2.05, 4.69) is 12.1 Å². The number of benzene rings is 1. The van der Waals surface area contributed by atoms with E-state index in [4.69, 9.17) is 9.47 Å². The van der Waals surface area contributed by atoms with Crippen LogP contribution in [0.25, 0.3) is 0 Å². The van der Waals surface area contributed by atoms with Gasteiger partial charge in [-0.05, 0) is 31.2 Å². The first-order chi connectivity index (χ1) is 11.7. The van der Waals surface area contributed by atoms with Gasteiger partial charge in [0.1, 0.15) is 6.61 Å². The van der Waals surface area contributed by atoms with Crippen molar-refractivity contribution >= 4 is 11.9 Å². The van der Waals surface area contributed by atoms with Crippen molar-refractivity contribution in [3.8, 4) is 0 Å². The third-order valence-electron chi connectivity index (χ3n) is 4.75. The highest BCUT2D eigenvalue weighted by atomic mass is 16.6. The molecule has 5 heteroatoms. The van der Waals surface area contributed by atoms with Crippen molar-refractivity contribution in [3.05, 3.63) is 35.9 Å². The van der Waals surface area contributed by atoms with Gasteiger partial charge in [-0.15, -0.1) is 0 Å². The van der Waals surface area contributed by atoms with Gasteiger partial charge in [-0.1, -0.05) is 30.3 Å². The molecule has 2 saturated heterocycles. The standard InChI is InChI=1S/C19H25NO4/c21-18-12-16(19(22)24-14-17-8-4-5-11-23-17)13-20(18)10-9-15-6-2-1-3-7-15/h1-3,6-7,16-17H,4-5,8-14H2. The molecule has 0 N–H and O–H groups in total. The molecule has 130 valence electrons. The fourth-order valence-electron chi connectivity index (χ4n) is 3.29. The summed E-state index contributed by atoms with van der Waals surface area (Å²) in [6.07, 6.45) is 4.24. The van der Waals surface area contributed by atoms with E-state index in [-0.39, 0.29) is 30.3 Å². The Morgan fingerprint density at radius 2 is 2.08 bits per heavy atom. The van der Waals surface area contributed by atoms with Crippen molar-refractivity contribution < 1.29 is 19.1 Å². The van der Waals surface area contributed by atoms with Crippen molar-refractivity contribution in [3.63, 3.8) is 0 Å². The molecule has 1 aromatic carbocycles. The van der Waals surface area contributed by atoms with E-state index in [1.807, 2.05) is 18.2 Å². The number of carbonyl (C=O) groups is 2. The molecule has 0 radical (unpaired) electrons. The molecule has 1 aromatic rings. The third-order valence-corrected chi connectivity index (χ3v) is 4.75. The Morgan fingerprint density at radius 1 is 1.25 bits per heavy atom. The summed E-state index contributed by atoms with van der Waals surface area (Å²) < 4.78 is 10.9. The molecular weight excluding hydrogens is 306 g/mol. The summed E-state index contributed by atoms with van der Waals surface area (Å²) in [5, 5.41) is 0. The number of esters is 1. The van der Waals surface area contributed by atoms with Crippen molar-refractivity contribution in [2.45, 2.75) is 38.2 Å². The van der Waals surface area contributed by atoms with Gasteiger partial charge in [-0.3, -0.25) is 9.59 Å². The Kier molecular flexibility index (Phi) is 5.86. The molecule has 2 aliphatic heterocycles. The van der Waals surface area contributed by atoms with Gasteiger partial charge >= 0.3 is 5.97 Å². The minimum absolute atomic E-state index is 0.0222. The lowest BCUT2D eigenvalue weighted by molar-refractivity contribution is -0.153. The van der Waals surface area contributed by atoms with E-state index in [1.54, 1.807) is 4.90 Å². The van der Waals surface area contributed by atoms with E-state index >= 15 is 0 Å². The minimum Gasteiger partial charge on any atom is -0.463 e. The van der Waals surface area contributed by atoms with Crippen LogP contribution in [0.15, 0.2) is 30.3 Å². The lowest BCUT2D eigenvalue weighted by atomic mass is 10.1. The Balaban J connectivity index is 1.42. The fraction of sp³-hybridized carbons (Fsp3) is 0.579. The molecule has 0 spiro atoms. The molecule has 0 aliphatic carbocycles. The number of hydrogen-bond acceptors (Lipinski definition) is 4. The number of carbonyl (C=O) groups excluding carboxylic acids is 2. The molecule has 2 unspecified atom stereocenters. The van der Waals surface area contributed by atoms with Crippen LogP contribution in [-0.2, 0) is 25.5 Å². The Hall–Kier alpha value is -1.88. The molecule has 5 nitrogen and oxygen atoms in total. The number of hydrogen-bond donors (Lipinski definition) is 0. The number of likely N-dealkylation sites (tertiary alicyclic amines) is 1. The SMILES string of the molecule is O=C(OCC1CCCCO1)C1CC(=O)N(CCc2ccccc2)C1. The summed E-state index contributed by atoms with van der Waals surface area (Å²) in [5.41, 5.74) is 1.20. The first kappa shape index (κ1) is 17.0. The van der Waals surface area contributed by atoms with E-state index in [9.17, 15) is 9.59 Å². The maximum atomic E-state index is 12.2. The van der Waals surface area contributed by atoms with Gasteiger partial charge in [0.15, 0.2) is 0 Å². The topological polar surface area (TPSA) is 55.8 Å². The zero-order chi connectivity index (χ0) is 16.8. The second kappa shape index (κ2) is 8.29. The van der Waals surface area contributed by atoms with Crippen LogP contribution in [0, 0.1) is 5.92 Å². The summed E-state index contributed by atoms with van der Waals surface area (Å²) in [6, 6.07) is 10.1. The zero-order valence-electron chi connectivity index (χ0n) is 14.0. The first-order valence-corrected chi connectivity index (χ1v) is 8.82. The fourth-order valence-corrected chi connectivity index (χ4v) is 3.29. The summed E-state index contributed by atoms with van der Waals surface area (Å²) in [5.74, 6) is -0.557. The highest BCUT2D eigenvalue weighted by Crippen LogP contribution is 2.20. The number of amides is 1. The molecule has 0 bridgehead atoms. The molecule has 0 aromatic heterocycles. The maximum Gasteiger partial charge on any atom is 0.311 e. The molecule has 3 rings (SSSR count). The van der Waals surface area contributed by atoms with Crippen LogP contribution >= 0.6 is 0 Å². The van der Waals surface area contributed by atoms with Gasteiger partial charge < -0.3 is 14.4 Å². The highest BCUT2D eigenvalue weighted by Gasteiger charge is 2.35. The van der Waals surface area contributed by atoms with Crippen LogP contribution in [0.2, 0.25) is 0 Å². The van der Waals surface area contributed by atoms with E-state index in [0.29, 0.717) is 19.7 Å². The quantitative estimate of drug-likeness (QED) is 0.750. The largest absolute Gasteiger partial charge is 0.463 e. The van der Waals surface area contributed by atoms with Crippen LogP contribution in [0.1, 0.15) is 31.2 Å². The zero-order valence-corrected chi connectivity index (χ0v) is 14.0. The summed E-state index contributed by atoms with van der Waals surface area (Å²) >= 11 is 0. The smallest absolute Gasteiger partial charge is 0.311 e. The number of ether oxygens (including phenoxy) is 2. The monoisotopic (exact) mass is 331 g/mol. The minimum atomic E-state index is -0.336. The normalized spacial score (nSPS) is 24.2. The second-order valence-electron chi connectivity index (χ2n) is 6.60. The van der Waals surface area contributed by atoms with Crippen LogP contribution < -0.4 is 0 Å². The Labute approximate surface area is 142 Å². The predicted octanol–water partition coefficient (Wildman–Crippen LogP) is 2.19. The van der Waals surface area contributed by atoms with Crippen LogP contribution in [-0.4, -0.2) is 49.2 Å². The van der Waals surface area contributed by atoms with Crippen molar-refractivity contribution in [1.29, 1.82) is 0 Å². The Bertz CT molecular complexity index is 554. The van der Waals surface area contributed by atoms with Crippen molar-refractivity contribution in [2.75, 3.05) is 26.3 Å². The molecule has 2 heterocycles. The lowest BCUT2D eigenvalue weighted by Gasteiger charge is -2.22. The van der Waals surface area contributed by atoms with Crippen molar-refractivity contribution in [1.82, 2.24) is 4.90 Å². The van der Waals surface area contributed by atoms with Crippen LogP contribution in [0.3, 0.4) is 0 Å². The van der Waals surface area contributed by atoms with Crippen LogP contribution in [0.4, 0.5) is 0 Å². The number of rotatable bonds is 6. The second-order valence-corrected chi connectivity index (χ2v) is 6.60. The van der Waals surface area contributed by atoms with Gasteiger partial charge in [0.25, 0.3) is 0 Å². The van der Waals surface area contributed by atoms with E-state index in [1.165, 1.54) is 5.56 Å². The summed E-state index contributed by atoms with van der Waals surface area (Å²) in [4.78, 5) is 26.1. The van der Waals surface area contributed by atoms with Gasteiger partial charge in [0.05, 0.1) is 12.0 Å². The summed E-state index contributed by atoms with van der Waals surface area (Å²) in [7, 11) is 0. The molecule has 24 heavy (non-hydrogen) atoms. The summed E-state index contributed by atoms with van der Waals surface area (Å²) in [6.45, 7) is 2.18. The maximum absolute atomic E-state index is 12.2. The molecule has 0 saturated carbocycles. The van der Waals surface area contributed by atoms with Gasteiger partial charge in [0, 0.05) is 26.1 Å². The van der Waals surface area contributed by atoms with Gasteiger partial charge in [0.2, 0.25) is 5.91 Å². The Morgan fingerprint density at radius 3 is 2.83 bits per heavy atom. The molecular formula is C19H25NO4. The van der Waals surface area contributed by atoms with Gasteiger partial charge in [-0.25, -0.2) is 0 Å². The molecule has 1 amide bonds. The van der Waals surface area contributed by atoms with E-state index in [0.717, 1.165) is 32.3 Å². The lowest BCUT2D eigenvalue weighted by Crippen LogP contribution is -2.30. The number of nitrogens with zero attached hydrogens (tertiary/aromatic N) is 1. The van der Waals surface area contributed by atoms with Crippen molar-refractivity contribution in [2.24, 2.45) is 5.92 Å². The highest BCUT2D eigenvalue weighted by molar-refractivity contribution is 5.86. The molecule has 2 aliphatic rings.